The Labute approximate surface area is 136 Å². The molecule has 0 radical (unpaired) electrons. The van der Waals surface area contributed by atoms with E-state index < -0.39 is 14.9 Å². The topological polar surface area (TPSA) is 89.8 Å². The van der Waals surface area contributed by atoms with Crippen LogP contribution in [0.15, 0.2) is 24.3 Å². The standard InChI is InChI=1S/C15H22N2O5S/c1-2-3-6-15-12-22-8-9-23(20,21)16(15)11-13-5-4-7-14(10-13)17(18)19/h4-5,7,10,15H,2-3,6,8-9,11-12H2,1H3/t15-/m0/s1. The van der Waals surface area contributed by atoms with Crippen molar-refractivity contribution in [1.82, 2.24) is 4.31 Å². The first-order valence-electron chi connectivity index (χ1n) is 7.74. The van der Waals surface area contributed by atoms with Crippen LogP contribution in [0.4, 0.5) is 5.69 Å². The number of non-ortho nitro benzene ring substituents is 1. The van der Waals surface area contributed by atoms with Crippen molar-refractivity contribution in [2.45, 2.75) is 38.8 Å². The zero-order valence-electron chi connectivity index (χ0n) is 13.2. The Bertz CT molecular complexity index is 647. The molecule has 1 aliphatic heterocycles. The van der Waals surface area contributed by atoms with Gasteiger partial charge in [-0.05, 0) is 12.0 Å². The minimum Gasteiger partial charge on any atom is -0.379 e. The van der Waals surface area contributed by atoms with Gasteiger partial charge in [-0.3, -0.25) is 10.1 Å². The third-order valence-electron chi connectivity index (χ3n) is 3.91. The molecule has 0 bridgehead atoms. The van der Waals surface area contributed by atoms with Gasteiger partial charge >= 0.3 is 0 Å². The zero-order chi connectivity index (χ0) is 16.9. The van der Waals surface area contributed by atoms with Gasteiger partial charge in [-0.15, -0.1) is 0 Å². The smallest absolute Gasteiger partial charge is 0.269 e. The molecule has 0 spiro atoms. The van der Waals surface area contributed by atoms with E-state index in [1.165, 1.54) is 16.4 Å². The van der Waals surface area contributed by atoms with Crippen LogP contribution in [-0.2, 0) is 21.3 Å². The molecule has 2 rings (SSSR count). The SMILES string of the molecule is CCCC[C@H]1COCCS(=O)(=O)N1Cc1cccc([N+](=O)[O-])c1. The van der Waals surface area contributed by atoms with Crippen LogP contribution in [0.25, 0.3) is 0 Å². The summed E-state index contributed by atoms with van der Waals surface area (Å²) in [5.74, 6) is -0.0510. The zero-order valence-corrected chi connectivity index (χ0v) is 14.0. The fourth-order valence-electron chi connectivity index (χ4n) is 2.65. The number of hydrogen-bond acceptors (Lipinski definition) is 5. The lowest BCUT2D eigenvalue weighted by Gasteiger charge is -2.28. The van der Waals surface area contributed by atoms with Crippen LogP contribution in [0.5, 0.6) is 0 Å². The van der Waals surface area contributed by atoms with Gasteiger partial charge in [0.2, 0.25) is 10.0 Å². The number of nitrogens with zero attached hydrogens (tertiary/aromatic N) is 2. The molecule has 1 aromatic carbocycles. The van der Waals surface area contributed by atoms with Crippen molar-refractivity contribution >= 4 is 15.7 Å². The number of benzene rings is 1. The monoisotopic (exact) mass is 342 g/mol. The Morgan fingerprint density at radius 2 is 2.22 bits per heavy atom. The van der Waals surface area contributed by atoms with Crippen molar-refractivity contribution < 1.29 is 18.1 Å². The Morgan fingerprint density at radius 1 is 1.43 bits per heavy atom. The van der Waals surface area contributed by atoms with Gasteiger partial charge in [0.25, 0.3) is 5.69 Å². The van der Waals surface area contributed by atoms with Gasteiger partial charge in [-0.25, -0.2) is 8.42 Å². The third-order valence-corrected chi connectivity index (χ3v) is 5.74. The fourth-order valence-corrected chi connectivity index (χ4v) is 4.18. The summed E-state index contributed by atoms with van der Waals surface area (Å²) in [4.78, 5) is 10.4. The van der Waals surface area contributed by atoms with E-state index in [-0.39, 0.29) is 30.6 Å². The molecular formula is C15H22N2O5S. The number of rotatable bonds is 6. The summed E-state index contributed by atoms with van der Waals surface area (Å²) in [6, 6.07) is 5.90. The van der Waals surface area contributed by atoms with E-state index in [1.807, 2.05) is 0 Å². The lowest BCUT2D eigenvalue weighted by atomic mass is 10.1. The molecule has 0 aromatic heterocycles. The second kappa shape index (κ2) is 7.85. The highest BCUT2D eigenvalue weighted by Crippen LogP contribution is 2.22. The van der Waals surface area contributed by atoms with Crippen LogP contribution in [0, 0.1) is 10.1 Å². The minimum absolute atomic E-state index is 0.0314. The molecule has 7 nitrogen and oxygen atoms in total. The molecule has 1 atom stereocenters. The van der Waals surface area contributed by atoms with Gasteiger partial charge < -0.3 is 4.74 Å². The minimum atomic E-state index is -3.43. The largest absolute Gasteiger partial charge is 0.379 e. The summed E-state index contributed by atoms with van der Waals surface area (Å²) in [6.45, 7) is 2.75. The normalized spacial score (nSPS) is 21.7. The number of nitro benzene ring substituents is 1. The van der Waals surface area contributed by atoms with Crippen molar-refractivity contribution in [3.63, 3.8) is 0 Å². The Morgan fingerprint density at radius 3 is 2.91 bits per heavy atom. The summed E-state index contributed by atoms with van der Waals surface area (Å²) >= 11 is 0. The van der Waals surface area contributed by atoms with E-state index in [4.69, 9.17) is 4.74 Å². The van der Waals surface area contributed by atoms with E-state index in [0.29, 0.717) is 12.2 Å². The molecule has 1 saturated heterocycles. The van der Waals surface area contributed by atoms with Crippen LogP contribution in [0.2, 0.25) is 0 Å². The van der Waals surface area contributed by atoms with Crippen molar-refractivity contribution in [3.05, 3.63) is 39.9 Å². The van der Waals surface area contributed by atoms with Crippen LogP contribution < -0.4 is 0 Å². The molecule has 0 aliphatic carbocycles. The molecule has 23 heavy (non-hydrogen) atoms. The third kappa shape index (κ3) is 4.73. The molecule has 1 aromatic rings. The Kier molecular flexibility index (Phi) is 6.09. The Hall–Kier alpha value is -1.51. The number of nitro groups is 1. The first-order valence-corrected chi connectivity index (χ1v) is 9.35. The number of sulfonamides is 1. The summed E-state index contributed by atoms with van der Waals surface area (Å²) in [7, 11) is -3.43. The van der Waals surface area contributed by atoms with Crippen molar-refractivity contribution in [2.24, 2.45) is 0 Å². The highest BCUT2D eigenvalue weighted by molar-refractivity contribution is 7.89. The van der Waals surface area contributed by atoms with Gasteiger partial charge in [-0.2, -0.15) is 4.31 Å². The van der Waals surface area contributed by atoms with Crippen molar-refractivity contribution in [1.29, 1.82) is 0 Å². The molecule has 8 heteroatoms. The van der Waals surface area contributed by atoms with Crippen molar-refractivity contribution in [2.75, 3.05) is 19.0 Å². The number of hydrogen-bond donors (Lipinski definition) is 0. The van der Waals surface area contributed by atoms with Gasteiger partial charge in [0.1, 0.15) is 0 Å². The van der Waals surface area contributed by atoms with E-state index >= 15 is 0 Å². The average Bonchev–Trinajstić information content (AvgIpc) is 2.65. The van der Waals surface area contributed by atoms with Gasteiger partial charge in [0.15, 0.2) is 0 Å². The maximum Gasteiger partial charge on any atom is 0.269 e. The predicted molar refractivity (Wildman–Crippen MR) is 86.6 cm³/mol. The number of unbranched alkanes of at least 4 members (excludes halogenated alkanes) is 1. The molecule has 1 fully saturated rings. The van der Waals surface area contributed by atoms with Crippen LogP contribution in [0.3, 0.4) is 0 Å². The molecular weight excluding hydrogens is 320 g/mol. The second-order valence-corrected chi connectivity index (χ2v) is 7.70. The van der Waals surface area contributed by atoms with E-state index in [2.05, 4.69) is 6.92 Å². The highest BCUT2D eigenvalue weighted by Gasteiger charge is 2.32. The molecule has 0 saturated carbocycles. The van der Waals surface area contributed by atoms with Crippen molar-refractivity contribution in [3.8, 4) is 0 Å². The van der Waals surface area contributed by atoms with Crippen LogP contribution in [-0.4, -0.2) is 42.7 Å². The first-order chi connectivity index (χ1) is 10.9. The predicted octanol–water partition coefficient (Wildman–Crippen LogP) is 2.32. The average molecular weight is 342 g/mol. The quantitative estimate of drug-likeness (QED) is 0.584. The van der Waals surface area contributed by atoms with Gasteiger partial charge in [0.05, 0.1) is 23.9 Å². The molecule has 0 unspecified atom stereocenters. The van der Waals surface area contributed by atoms with Gasteiger partial charge in [0, 0.05) is 24.7 Å². The van der Waals surface area contributed by atoms with E-state index in [9.17, 15) is 18.5 Å². The van der Waals surface area contributed by atoms with E-state index in [0.717, 1.165) is 19.3 Å². The molecule has 128 valence electrons. The Balaban J connectivity index is 2.26. The van der Waals surface area contributed by atoms with Crippen LogP contribution in [0.1, 0.15) is 31.7 Å². The number of ether oxygens (including phenoxy) is 1. The lowest BCUT2D eigenvalue weighted by Crippen LogP contribution is -2.41. The maximum absolute atomic E-state index is 12.5. The first kappa shape index (κ1) is 17.8. The molecule has 0 amide bonds. The second-order valence-electron chi connectivity index (χ2n) is 5.66. The summed E-state index contributed by atoms with van der Waals surface area (Å²) in [5, 5.41) is 10.9. The summed E-state index contributed by atoms with van der Waals surface area (Å²) in [6.07, 6.45) is 2.61. The molecule has 0 N–H and O–H groups in total. The fraction of sp³-hybridized carbons (Fsp3) is 0.600. The molecule has 1 aliphatic rings. The van der Waals surface area contributed by atoms with Crippen LogP contribution >= 0.6 is 0 Å². The summed E-state index contributed by atoms with van der Waals surface area (Å²) in [5.41, 5.74) is 0.585. The van der Waals surface area contributed by atoms with E-state index in [1.54, 1.807) is 12.1 Å². The van der Waals surface area contributed by atoms with Gasteiger partial charge in [-0.1, -0.05) is 31.9 Å². The highest BCUT2D eigenvalue weighted by atomic mass is 32.2. The summed E-state index contributed by atoms with van der Waals surface area (Å²) < 4.78 is 31.9. The maximum atomic E-state index is 12.5. The molecule has 1 heterocycles. The lowest BCUT2D eigenvalue weighted by molar-refractivity contribution is -0.384.